The first kappa shape index (κ1) is 13.4. The van der Waals surface area contributed by atoms with Crippen molar-refractivity contribution in [1.29, 1.82) is 5.26 Å². The van der Waals surface area contributed by atoms with Crippen LogP contribution in [0.25, 0.3) is 0 Å². The fourth-order valence-electron chi connectivity index (χ4n) is 1.86. The van der Waals surface area contributed by atoms with E-state index in [0.717, 1.165) is 11.3 Å². The van der Waals surface area contributed by atoms with Crippen molar-refractivity contribution in [2.75, 3.05) is 5.32 Å². The predicted octanol–water partition coefficient (Wildman–Crippen LogP) is 4.27. The van der Waals surface area contributed by atoms with Gasteiger partial charge in [-0.2, -0.15) is 5.26 Å². The summed E-state index contributed by atoms with van der Waals surface area (Å²) in [6.07, 6.45) is 0. The Balaban J connectivity index is 2.24. The summed E-state index contributed by atoms with van der Waals surface area (Å²) < 4.78 is 13.2. The van der Waals surface area contributed by atoms with Gasteiger partial charge in [0, 0.05) is 6.54 Å². The van der Waals surface area contributed by atoms with Crippen molar-refractivity contribution < 1.29 is 4.39 Å². The second-order valence-electron chi connectivity index (χ2n) is 4.20. The average Bonchev–Trinajstić information content (AvgIpc) is 2.38. The Labute approximate surface area is 116 Å². The van der Waals surface area contributed by atoms with Crippen molar-refractivity contribution in [3.63, 3.8) is 0 Å². The molecule has 0 saturated carbocycles. The summed E-state index contributed by atoms with van der Waals surface area (Å²) in [4.78, 5) is 0. The Morgan fingerprint density at radius 3 is 2.79 bits per heavy atom. The number of para-hydroxylation sites is 1. The summed E-state index contributed by atoms with van der Waals surface area (Å²) in [7, 11) is 0. The van der Waals surface area contributed by atoms with Crippen LogP contribution in [0.15, 0.2) is 36.4 Å². The molecule has 0 aliphatic heterocycles. The highest BCUT2D eigenvalue weighted by Gasteiger charge is 2.07. The van der Waals surface area contributed by atoms with Crippen molar-refractivity contribution in [3.8, 4) is 6.07 Å². The molecule has 19 heavy (non-hydrogen) atoms. The van der Waals surface area contributed by atoms with E-state index in [1.165, 1.54) is 18.2 Å². The van der Waals surface area contributed by atoms with Gasteiger partial charge in [-0.25, -0.2) is 4.39 Å². The van der Waals surface area contributed by atoms with Crippen molar-refractivity contribution in [3.05, 3.63) is 63.9 Å². The monoisotopic (exact) mass is 274 g/mol. The van der Waals surface area contributed by atoms with Crippen molar-refractivity contribution in [2.45, 2.75) is 13.5 Å². The van der Waals surface area contributed by atoms with E-state index in [4.69, 9.17) is 16.9 Å². The highest BCUT2D eigenvalue weighted by atomic mass is 35.5. The number of nitriles is 1. The van der Waals surface area contributed by atoms with Crippen LogP contribution in [0.5, 0.6) is 0 Å². The van der Waals surface area contributed by atoms with Gasteiger partial charge in [0.25, 0.3) is 0 Å². The molecular weight excluding hydrogens is 263 g/mol. The molecule has 0 saturated heterocycles. The third kappa shape index (κ3) is 3.04. The van der Waals surface area contributed by atoms with Crippen molar-refractivity contribution in [1.82, 2.24) is 0 Å². The third-order valence-electron chi connectivity index (χ3n) is 2.87. The molecule has 0 unspecified atom stereocenters. The fraction of sp³-hybridized carbons (Fsp3) is 0.133. The average molecular weight is 275 g/mol. The zero-order chi connectivity index (χ0) is 13.8. The maximum Gasteiger partial charge on any atom is 0.123 e. The third-order valence-corrected chi connectivity index (χ3v) is 3.18. The molecule has 4 heteroatoms. The van der Waals surface area contributed by atoms with E-state index in [2.05, 4.69) is 5.32 Å². The molecule has 0 aromatic heterocycles. The minimum atomic E-state index is -0.355. The molecule has 0 atom stereocenters. The minimum absolute atomic E-state index is 0.352. The van der Waals surface area contributed by atoms with E-state index in [-0.39, 0.29) is 5.82 Å². The van der Waals surface area contributed by atoms with Crippen LogP contribution in [0.3, 0.4) is 0 Å². The van der Waals surface area contributed by atoms with Crippen LogP contribution in [0.1, 0.15) is 16.7 Å². The van der Waals surface area contributed by atoms with Crippen LogP contribution in [0.2, 0.25) is 5.02 Å². The maximum absolute atomic E-state index is 13.2. The number of benzene rings is 2. The van der Waals surface area contributed by atoms with Gasteiger partial charge in [0.2, 0.25) is 0 Å². The topological polar surface area (TPSA) is 35.8 Å². The van der Waals surface area contributed by atoms with Gasteiger partial charge in [0.15, 0.2) is 0 Å². The lowest BCUT2D eigenvalue weighted by molar-refractivity contribution is 0.625. The molecule has 1 N–H and O–H groups in total. The summed E-state index contributed by atoms with van der Waals surface area (Å²) in [6, 6.07) is 11.8. The lowest BCUT2D eigenvalue weighted by atomic mass is 10.1. The lowest BCUT2D eigenvalue weighted by Crippen LogP contribution is -2.04. The summed E-state index contributed by atoms with van der Waals surface area (Å²) in [5.41, 5.74) is 2.88. The van der Waals surface area contributed by atoms with Crippen LogP contribution in [-0.4, -0.2) is 0 Å². The molecule has 2 nitrogen and oxygen atoms in total. The molecule has 0 amide bonds. The van der Waals surface area contributed by atoms with Crippen LogP contribution in [0, 0.1) is 24.1 Å². The molecule has 0 aliphatic carbocycles. The molecule has 0 radical (unpaired) electrons. The second kappa shape index (κ2) is 5.73. The molecule has 0 bridgehead atoms. The predicted molar refractivity (Wildman–Crippen MR) is 74.6 cm³/mol. The number of hydrogen-bond acceptors (Lipinski definition) is 2. The Morgan fingerprint density at radius 1 is 1.32 bits per heavy atom. The van der Waals surface area contributed by atoms with Crippen LogP contribution in [-0.2, 0) is 6.54 Å². The van der Waals surface area contributed by atoms with E-state index >= 15 is 0 Å². The smallest absolute Gasteiger partial charge is 0.123 e. The molecule has 0 spiro atoms. The summed E-state index contributed by atoms with van der Waals surface area (Å²) in [5.74, 6) is -0.355. The number of nitrogens with zero attached hydrogens (tertiary/aromatic N) is 1. The highest BCUT2D eigenvalue weighted by molar-refractivity contribution is 6.33. The zero-order valence-electron chi connectivity index (χ0n) is 10.4. The van der Waals surface area contributed by atoms with E-state index in [0.29, 0.717) is 22.7 Å². The first-order chi connectivity index (χ1) is 9.11. The molecule has 96 valence electrons. The van der Waals surface area contributed by atoms with Gasteiger partial charge in [-0.1, -0.05) is 23.7 Å². The standard InChI is InChI=1S/C15H12ClFN2/c1-10-3-2-4-14(16)15(10)19-9-12-7-13(17)6-5-11(12)8-18/h2-7,19H,9H2,1H3. The minimum Gasteiger partial charge on any atom is -0.379 e. The molecule has 0 fully saturated rings. The second-order valence-corrected chi connectivity index (χ2v) is 4.61. The van der Waals surface area contributed by atoms with Gasteiger partial charge in [0.05, 0.1) is 22.3 Å². The summed E-state index contributed by atoms with van der Waals surface area (Å²) in [5, 5.41) is 12.7. The fourth-order valence-corrected chi connectivity index (χ4v) is 2.15. The Hall–Kier alpha value is -2.05. The van der Waals surface area contributed by atoms with E-state index in [9.17, 15) is 4.39 Å². The molecule has 0 heterocycles. The highest BCUT2D eigenvalue weighted by Crippen LogP contribution is 2.26. The van der Waals surface area contributed by atoms with Gasteiger partial charge in [-0.15, -0.1) is 0 Å². The van der Waals surface area contributed by atoms with E-state index < -0.39 is 0 Å². The summed E-state index contributed by atoms with van der Waals surface area (Å²) in [6.45, 7) is 2.29. The molecular formula is C15H12ClFN2. The molecule has 0 aliphatic rings. The molecule has 2 aromatic carbocycles. The number of hydrogen-bond donors (Lipinski definition) is 1. The number of rotatable bonds is 3. The van der Waals surface area contributed by atoms with Gasteiger partial charge < -0.3 is 5.32 Å². The van der Waals surface area contributed by atoms with Gasteiger partial charge >= 0.3 is 0 Å². The Kier molecular flexibility index (Phi) is 4.03. The van der Waals surface area contributed by atoms with Crippen LogP contribution in [0.4, 0.5) is 10.1 Å². The quantitative estimate of drug-likeness (QED) is 0.907. The Bertz CT molecular complexity index is 627. The zero-order valence-corrected chi connectivity index (χ0v) is 11.1. The number of anilines is 1. The first-order valence-electron chi connectivity index (χ1n) is 5.79. The number of aryl methyl sites for hydroxylation is 1. The van der Waals surface area contributed by atoms with Gasteiger partial charge in [-0.05, 0) is 42.3 Å². The van der Waals surface area contributed by atoms with Gasteiger partial charge in [0.1, 0.15) is 5.82 Å². The normalized spacial score (nSPS) is 10.0. The van der Waals surface area contributed by atoms with E-state index in [1.54, 1.807) is 6.07 Å². The lowest BCUT2D eigenvalue weighted by Gasteiger charge is -2.12. The van der Waals surface area contributed by atoms with Crippen molar-refractivity contribution in [2.24, 2.45) is 0 Å². The maximum atomic E-state index is 13.2. The number of nitrogens with one attached hydrogen (secondary N) is 1. The van der Waals surface area contributed by atoms with Crippen LogP contribution < -0.4 is 5.32 Å². The molecule has 2 aromatic rings. The largest absolute Gasteiger partial charge is 0.379 e. The summed E-state index contributed by atoms with van der Waals surface area (Å²) >= 11 is 6.10. The number of halogens is 2. The van der Waals surface area contributed by atoms with Crippen LogP contribution >= 0.6 is 11.6 Å². The molecule has 2 rings (SSSR count). The Morgan fingerprint density at radius 2 is 2.11 bits per heavy atom. The van der Waals surface area contributed by atoms with Gasteiger partial charge in [-0.3, -0.25) is 0 Å². The first-order valence-corrected chi connectivity index (χ1v) is 6.17. The van der Waals surface area contributed by atoms with Crippen molar-refractivity contribution >= 4 is 17.3 Å². The van der Waals surface area contributed by atoms with E-state index in [1.807, 2.05) is 25.1 Å². The SMILES string of the molecule is Cc1cccc(Cl)c1NCc1cc(F)ccc1C#N.